The van der Waals surface area contributed by atoms with E-state index < -0.39 is 6.10 Å². The molecule has 1 aromatic rings. The van der Waals surface area contributed by atoms with Crippen molar-refractivity contribution >= 4 is 11.9 Å². The van der Waals surface area contributed by atoms with Crippen molar-refractivity contribution in [1.29, 1.82) is 0 Å². The van der Waals surface area contributed by atoms with Gasteiger partial charge in [-0.2, -0.15) is 0 Å². The van der Waals surface area contributed by atoms with Crippen LogP contribution in [-0.2, 0) is 4.79 Å². The molecule has 0 bridgehead atoms. The Balaban J connectivity index is 2.37. The van der Waals surface area contributed by atoms with Crippen LogP contribution in [0.5, 0.6) is 11.5 Å². The Labute approximate surface area is 138 Å². The lowest BCUT2D eigenvalue weighted by Crippen LogP contribution is -2.11. The number of carbonyl (C=O) groups excluding carboxylic acids is 1. The zero-order chi connectivity index (χ0) is 17.1. The number of methoxy groups -OCH3 is 1. The third-order valence-corrected chi connectivity index (χ3v) is 3.74. The second-order valence-electron chi connectivity index (χ2n) is 5.79. The molecule has 1 unspecified atom stereocenters. The zero-order valence-electron chi connectivity index (χ0n) is 14.1. The minimum absolute atomic E-state index is 0.0643. The molecule has 128 valence electrons. The lowest BCUT2D eigenvalue weighted by molar-refractivity contribution is -0.116. The number of unbranched alkanes of at least 4 members (excludes halogenated alkanes) is 4. The summed E-state index contributed by atoms with van der Waals surface area (Å²) in [6, 6.07) is 4.88. The van der Waals surface area contributed by atoms with E-state index in [-0.39, 0.29) is 18.0 Å². The van der Waals surface area contributed by atoms with Gasteiger partial charge in [0.15, 0.2) is 17.3 Å². The maximum absolute atomic E-state index is 11.9. The van der Waals surface area contributed by atoms with Gasteiger partial charge in [0, 0.05) is 6.42 Å². The summed E-state index contributed by atoms with van der Waals surface area (Å²) < 4.78 is 5.02. The Bertz CT molecular complexity index is 508. The van der Waals surface area contributed by atoms with E-state index in [1.54, 1.807) is 18.2 Å². The number of phenolic OH excluding ortho intramolecular Hbond substituents is 1. The van der Waals surface area contributed by atoms with Crippen LogP contribution in [0, 0.1) is 0 Å². The highest BCUT2D eigenvalue weighted by molar-refractivity contribution is 5.93. The maximum atomic E-state index is 11.9. The zero-order valence-corrected chi connectivity index (χ0v) is 14.1. The summed E-state index contributed by atoms with van der Waals surface area (Å²) in [4.78, 5) is 11.9. The maximum Gasteiger partial charge on any atom is 0.161 e. The molecule has 0 heterocycles. The van der Waals surface area contributed by atoms with Gasteiger partial charge in [0.25, 0.3) is 0 Å². The first-order valence-corrected chi connectivity index (χ1v) is 8.32. The van der Waals surface area contributed by atoms with Gasteiger partial charge in [-0.15, -0.1) is 0 Å². The summed E-state index contributed by atoms with van der Waals surface area (Å²) >= 11 is 0. The van der Waals surface area contributed by atoms with Crippen LogP contribution in [0.25, 0.3) is 6.08 Å². The van der Waals surface area contributed by atoms with Gasteiger partial charge in [-0.05, 0) is 30.2 Å². The number of rotatable bonds is 11. The molecule has 0 aliphatic heterocycles. The van der Waals surface area contributed by atoms with Crippen molar-refractivity contribution in [2.45, 2.75) is 58.0 Å². The fourth-order valence-electron chi connectivity index (χ4n) is 2.37. The summed E-state index contributed by atoms with van der Waals surface area (Å²) in [7, 11) is 1.48. The summed E-state index contributed by atoms with van der Waals surface area (Å²) in [6.07, 6.45) is 9.10. The Morgan fingerprint density at radius 3 is 2.70 bits per heavy atom. The van der Waals surface area contributed by atoms with Gasteiger partial charge in [0.1, 0.15) is 0 Å². The van der Waals surface area contributed by atoms with Gasteiger partial charge in [-0.25, -0.2) is 0 Å². The van der Waals surface area contributed by atoms with E-state index in [1.165, 1.54) is 38.5 Å². The quantitative estimate of drug-likeness (QED) is 0.476. The molecule has 0 aliphatic carbocycles. The topological polar surface area (TPSA) is 66.8 Å². The van der Waals surface area contributed by atoms with Gasteiger partial charge >= 0.3 is 0 Å². The molecular weight excluding hydrogens is 292 g/mol. The Hall–Kier alpha value is -1.81. The molecule has 0 amide bonds. The van der Waals surface area contributed by atoms with Gasteiger partial charge in [-0.3, -0.25) is 4.79 Å². The normalized spacial score (nSPS) is 12.5. The van der Waals surface area contributed by atoms with E-state index in [0.717, 1.165) is 18.4 Å². The molecule has 23 heavy (non-hydrogen) atoms. The third kappa shape index (κ3) is 7.84. The van der Waals surface area contributed by atoms with E-state index in [0.29, 0.717) is 12.2 Å². The third-order valence-electron chi connectivity index (χ3n) is 3.74. The standard InChI is InChI=1S/C19H28O4/c1-3-4-5-6-7-8-16(20)14-17(21)11-9-15-10-12-18(22)19(13-15)23-2/h9-13,16,20,22H,3-8,14H2,1-2H3/b11-9+. The number of phenols is 1. The van der Waals surface area contributed by atoms with Crippen molar-refractivity contribution in [3.63, 3.8) is 0 Å². The van der Waals surface area contributed by atoms with Crippen molar-refractivity contribution in [3.05, 3.63) is 29.8 Å². The van der Waals surface area contributed by atoms with E-state index in [2.05, 4.69) is 6.92 Å². The van der Waals surface area contributed by atoms with Crippen LogP contribution in [-0.4, -0.2) is 29.2 Å². The van der Waals surface area contributed by atoms with E-state index in [1.807, 2.05) is 0 Å². The predicted molar refractivity (Wildman–Crippen MR) is 92.7 cm³/mol. The molecule has 0 radical (unpaired) electrons. The Morgan fingerprint density at radius 1 is 1.26 bits per heavy atom. The number of aliphatic hydroxyl groups excluding tert-OH is 1. The molecule has 1 aromatic carbocycles. The number of carbonyl (C=O) groups is 1. The highest BCUT2D eigenvalue weighted by Crippen LogP contribution is 2.26. The van der Waals surface area contributed by atoms with Gasteiger partial charge < -0.3 is 14.9 Å². The molecule has 0 saturated carbocycles. The summed E-state index contributed by atoms with van der Waals surface area (Å²) in [6.45, 7) is 2.17. The second-order valence-corrected chi connectivity index (χ2v) is 5.79. The highest BCUT2D eigenvalue weighted by atomic mass is 16.5. The van der Waals surface area contributed by atoms with E-state index in [9.17, 15) is 15.0 Å². The van der Waals surface area contributed by atoms with Crippen LogP contribution in [0.1, 0.15) is 57.4 Å². The van der Waals surface area contributed by atoms with Crippen LogP contribution in [0.4, 0.5) is 0 Å². The average molecular weight is 320 g/mol. The van der Waals surface area contributed by atoms with E-state index >= 15 is 0 Å². The number of benzene rings is 1. The van der Waals surface area contributed by atoms with Crippen LogP contribution in [0.15, 0.2) is 24.3 Å². The molecule has 1 rings (SSSR count). The molecule has 0 saturated heterocycles. The van der Waals surface area contributed by atoms with Crippen LogP contribution < -0.4 is 4.74 Å². The van der Waals surface area contributed by atoms with Crippen molar-refractivity contribution < 1.29 is 19.7 Å². The van der Waals surface area contributed by atoms with Crippen molar-refractivity contribution in [2.75, 3.05) is 7.11 Å². The SMILES string of the molecule is CCCCCCCC(O)CC(=O)/C=C/c1ccc(O)c(OC)c1. The highest BCUT2D eigenvalue weighted by Gasteiger charge is 2.08. The smallest absolute Gasteiger partial charge is 0.161 e. The first-order valence-electron chi connectivity index (χ1n) is 8.32. The molecule has 4 nitrogen and oxygen atoms in total. The monoisotopic (exact) mass is 320 g/mol. The summed E-state index contributed by atoms with van der Waals surface area (Å²) in [5, 5.41) is 19.4. The van der Waals surface area contributed by atoms with Crippen molar-refractivity contribution in [1.82, 2.24) is 0 Å². The number of hydrogen-bond donors (Lipinski definition) is 2. The second kappa shape index (κ2) is 10.8. The number of ether oxygens (including phenoxy) is 1. The first kappa shape index (κ1) is 19.2. The molecule has 1 atom stereocenters. The lowest BCUT2D eigenvalue weighted by atomic mass is 10.0. The number of aromatic hydroxyl groups is 1. The predicted octanol–water partition coefficient (Wildman–Crippen LogP) is 4.09. The summed E-state index contributed by atoms with van der Waals surface area (Å²) in [5.41, 5.74) is 0.766. The van der Waals surface area contributed by atoms with Crippen molar-refractivity contribution in [3.8, 4) is 11.5 Å². The summed E-state index contributed by atoms with van der Waals surface area (Å²) in [5.74, 6) is 0.333. The van der Waals surface area contributed by atoms with Gasteiger partial charge in [0.05, 0.1) is 13.2 Å². The van der Waals surface area contributed by atoms with Crippen LogP contribution >= 0.6 is 0 Å². The minimum Gasteiger partial charge on any atom is -0.504 e. The Kier molecular flexibility index (Phi) is 9.07. The molecule has 0 fully saturated rings. The fourth-order valence-corrected chi connectivity index (χ4v) is 2.37. The first-order chi connectivity index (χ1) is 11.1. The van der Waals surface area contributed by atoms with E-state index in [4.69, 9.17) is 4.74 Å². The molecular formula is C19H28O4. The number of hydrogen-bond acceptors (Lipinski definition) is 4. The van der Waals surface area contributed by atoms with Crippen molar-refractivity contribution in [2.24, 2.45) is 0 Å². The molecule has 0 aliphatic rings. The lowest BCUT2D eigenvalue weighted by Gasteiger charge is -2.08. The van der Waals surface area contributed by atoms with Gasteiger partial charge in [-0.1, -0.05) is 51.2 Å². The number of allylic oxidation sites excluding steroid dienone is 1. The number of ketones is 1. The molecule has 4 heteroatoms. The largest absolute Gasteiger partial charge is 0.504 e. The number of aliphatic hydroxyl groups is 1. The fraction of sp³-hybridized carbons (Fsp3) is 0.526. The van der Waals surface area contributed by atoms with Crippen LogP contribution in [0.3, 0.4) is 0 Å². The minimum atomic E-state index is -0.567. The molecule has 0 spiro atoms. The molecule has 0 aromatic heterocycles. The molecule has 2 N–H and O–H groups in total. The average Bonchev–Trinajstić information content (AvgIpc) is 2.54. The van der Waals surface area contributed by atoms with Crippen LogP contribution in [0.2, 0.25) is 0 Å². The van der Waals surface area contributed by atoms with Gasteiger partial charge in [0.2, 0.25) is 0 Å². The Morgan fingerprint density at radius 2 is 2.00 bits per heavy atom.